The van der Waals surface area contributed by atoms with E-state index >= 15 is 0 Å². The van der Waals surface area contributed by atoms with Crippen molar-refractivity contribution < 1.29 is 14.4 Å². The van der Waals surface area contributed by atoms with Crippen molar-refractivity contribution >= 4 is 33.7 Å². The Bertz CT molecular complexity index is 355. The third-order valence-electron chi connectivity index (χ3n) is 1.85. The highest BCUT2D eigenvalue weighted by molar-refractivity contribution is 9.12. The molecule has 1 unspecified atom stereocenters. The molecule has 74 valence electrons. The van der Waals surface area contributed by atoms with Crippen molar-refractivity contribution in [3.05, 3.63) is 0 Å². The van der Waals surface area contributed by atoms with Gasteiger partial charge >= 0.3 is 0 Å². The van der Waals surface area contributed by atoms with E-state index in [1.54, 1.807) is 0 Å². The van der Waals surface area contributed by atoms with Crippen LogP contribution >= 0.6 is 15.9 Å². The van der Waals surface area contributed by atoms with E-state index in [2.05, 4.69) is 32.0 Å². The van der Waals surface area contributed by atoms with Gasteiger partial charge in [-0.2, -0.15) is 0 Å². The highest BCUT2D eigenvalue weighted by Gasteiger charge is 2.36. The molecular weight excluding hydrogens is 252 g/mol. The van der Waals surface area contributed by atoms with Crippen LogP contribution < -0.4 is 5.32 Å². The SMILES string of the molecule is CN1C(=O)CC(NC(=O)C#CBr)C1=O. The number of amides is 3. The maximum atomic E-state index is 11.3. The summed E-state index contributed by atoms with van der Waals surface area (Å²) in [6.45, 7) is 0. The zero-order valence-corrected chi connectivity index (χ0v) is 8.92. The van der Waals surface area contributed by atoms with E-state index < -0.39 is 17.9 Å². The lowest BCUT2D eigenvalue weighted by Gasteiger charge is -2.07. The number of rotatable bonds is 1. The van der Waals surface area contributed by atoms with Gasteiger partial charge < -0.3 is 5.32 Å². The molecule has 0 saturated carbocycles. The average molecular weight is 259 g/mol. The number of hydrogen-bond acceptors (Lipinski definition) is 3. The smallest absolute Gasteiger partial charge is 0.297 e. The predicted octanol–water partition coefficient (Wildman–Crippen LogP) is -0.784. The standard InChI is InChI=1S/C8H7BrN2O3/c1-11-7(13)4-5(8(11)14)10-6(12)2-3-9/h5H,4H2,1H3,(H,10,12). The molecular formula is C8H7BrN2O3. The largest absolute Gasteiger partial charge is 0.333 e. The zero-order chi connectivity index (χ0) is 10.7. The molecule has 0 radical (unpaired) electrons. The summed E-state index contributed by atoms with van der Waals surface area (Å²) in [6.07, 6.45) is 0.00500. The van der Waals surface area contributed by atoms with E-state index in [4.69, 9.17) is 0 Å². The minimum absolute atomic E-state index is 0.00500. The molecule has 0 aliphatic carbocycles. The first-order chi connectivity index (χ1) is 6.56. The Hall–Kier alpha value is -1.35. The first-order valence-electron chi connectivity index (χ1n) is 3.78. The van der Waals surface area contributed by atoms with Gasteiger partial charge in [-0.05, 0) is 4.83 Å². The molecule has 0 aromatic heterocycles. The molecule has 1 fully saturated rings. The molecule has 0 spiro atoms. The Morgan fingerprint density at radius 1 is 1.64 bits per heavy atom. The number of hydrogen-bond donors (Lipinski definition) is 1. The molecule has 1 rings (SSSR count). The van der Waals surface area contributed by atoms with E-state index in [0.717, 1.165) is 4.90 Å². The summed E-state index contributed by atoms with van der Waals surface area (Å²) in [5.74, 6) is 0.875. The number of imide groups is 1. The zero-order valence-electron chi connectivity index (χ0n) is 7.33. The number of likely N-dealkylation sites (tertiary alicyclic amines) is 1. The minimum Gasteiger partial charge on any atom is -0.333 e. The van der Waals surface area contributed by atoms with Gasteiger partial charge in [0.15, 0.2) is 0 Å². The van der Waals surface area contributed by atoms with Crippen LogP contribution in [0.2, 0.25) is 0 Å². The van der Waals surface area contributed by atoms with Crippen LogP contribution in [0.15, 0.2) is 0 Å². The molecule has 1 aliphatic heterocycles. The molecule has 0 aromatic carbocycles. The number of carbonyl (C=O) groups excluding carboxylic acids is 3. The second-order valence-corrected chi connectivity index (χ2v) is 3.14. The highest BCUT2D eigenvalue weighted by atomic mass is 79.9. The van der Waals surface area contributed by atoms with Gasteiger partial charge in [0.1, 0.15) is 6.04 Å². The number of carbonyl (C=O) groups is 3. The Morgan fingerprint density at radius 3 is 2.71 bits per heavy atom. The van der Waals surface area contributed by atoms with E-state index in [0.29, 0.717) is 0 Å². The summed E-state index contributed by atoms with van der Waals surface area (Å²) < 4.78 is 0. The lowest BCUT2D eigenvalue weighted by molar-refractivity contribution is -0.137. The van der Waals surface area contributed by atoms with Crippen molar-refractivity contribution in [2.75, 3.05) is 7.05 Å². The summed E-state index contributed by atoms with van der Waals surface area (Å²) in [7, 11) is 1.38. The average Bonchev–Trinajstić information content (AvgIpc) is 2.34. The first kappa shape index (κ1) is 10.7. The second-order valence-electron chi connectivity index (χ2n) is 2.74. The minimum atomic E-state index is -0.770. The van der Waals surface area contributed by atoms with E-state index in [9.17, 15) is 14.4 Å². The van der Waals surface area contributed by atoms with Gasteiger partial charge in [-0.1, -0.05) is 0 Å². The Balaban J connectivity index is 2.63. The van der Waals surface area contributed by atoms with Crippen LogP contribution in [-0.2, 0) is 14.4 Å². The van der Waals surface area contributed by atoms with Gasteiger partial charge in [-0.25, -0.2) is 0 Å². The van der Waals surface area contributed by atoms with E-state index in [1.807, 2.05) is 0 Å². The van der Waals surface area contributed by atoms with Crippen LogP contribution in [0.25, 0.3) is 0 Å². The Morgan fingerprint density at radius 2 is 2.29 bits per heavy atom. The fourth-order valence-corrected chi connectivity index (χ4v) is 1.29. The summed E-state index contributed by atoms with van der Waals surface area (Å²) >= 11 is 2.75. The van der Waals surface area contributed by atoms with Crippen molar-refractivity contribution in [1.82, 2.24) is 10.2 Å². The van der Waals surface area contributed by atoms with Crippen LogP contribution in [0.4, 0.5) is 0 Å². The molecule has 1 aliphatic rings. The van der Waals surface area contributed by atoms with Crippen LogP contribution in [-0.4, -0.2) is 35.7 Å². The van der Waals surface area contributed by atoms with Crippen molar-refractivity contribution in [1.29, 1.82) is 0 Å². The summed E-state index contributed by atoms with van der Waals surface area (Å²) in [6, 6.07) is -0.770. The Labute approximate surface area is 88.9 Å². The van der Waals surface area contributed by atoms with Crippen molar-refractivity contribution in [2.45, 2.75) is 12.5 Å². The van der Waals surface area contributed by atoms with E-state index in [1.165, 1.54) is 7.05 Å². The summed E-state index contributed by atoms with van der Waals surface area (Å²) in [5, 5.41) is 2.34. The number of likely N-dealkylation sites (N-methyl/N-ethyl adjacent to an activating group) is 1. The van der Waals surface area contributed by atoms with Crippen LogP contribution in [0.5, 0.6) is 0 Å². The first-order valence-corrected chi connectivity index (χ1v) is 4.58. The topological polar surface area (TPSA) is 66.5 Å². The molecule has 14 heavy (non-hydrogen) atoms. The van der Waals surface area contributed by atoms with Gasteiger partial charge in [-0.15, -0.1) is 0 Å². The normalized spacial score (nSPS) is 20.4. The van der Waals surface area contributed by atoms with Crippen LogP contribution in [0.1, 0.15) is 6.42 Å². The summed E-state index contributed by atoms with van der Waals surface area (Å²) in [4.78, 5) is 36.5. The fourth-order valence-electron chi connectivity index (χ4n) is 1.11. The highest BCUT2D eigenvalue weighted by Crippen LogP contribution is 2.09. The fraction of sp³-hybridized carbons (Fsp3) is 0.375. The molecule has 5 nitrogen and oxygen atoms in total. The molecule has 6 heteroatoms. The molecule has 1 heterocycles. The summed E-state index contributed by atoms with van der Waals surface area (Å²) in [5.41, 5.74) is 0. The maximum Gasteiger partial charge on any atom is 0.297 e. The van der Waals surface area contributed by atoms with Crippen molar-refractivity contribution in [3.8, 4) is 10.8 Å². The van der Waals surface area contributed by atoms with Gasteiger partial charge in [0, 0.05) is 28.9 Å². The van der Waals surface area contributed by atoms with Crippen LogP contribution in [0, 0.1) is 10.8 Å². The molecule has 1 saturated heterocycles. The molecule has 1 atom stereocenters. The lowest BCUT2D eigenvalue weighted by atomic mass is 10.2. The molecule has 3 amide bonds. The monoisotopic (exact) mass is 258 g/mol. The third kappa shape index (κ3) is 2.12. The maximum absolute atomic E-state index is 11.3. The Kier molecular flexibility index (Phi) is 3.25. The van der Waals surface area contributed by atoms with Gasteiger partial charge in [0.2, 0.25) is 5.91 Å². The van der Waals surface area contributed by atoms with Gasteiger partial charge in [-0.3, -0.25) is 19.3 Å². The van der Waals surface area contributed by atoms with Crippen LogP contribution in [0.3, 0.4) is 0 Å². The second kappa shape index (κ2) is 4.24. The number of halogens is 1. The number of nitrogens with one attached hydrogen (secondary N) is 1. The quantitative estimate of drug-likeness (QED) is 0.496. The van der Waals surface area contributed by atoms with E-state index in [-0.39, 0.29) is 12.3 Å². The van der Waals surface area contributed by atoms with Crippen molar-refractivity contribution in [3.63, 3.8) is 0 Å². The molecule has 0 aromatic rings. The van der Waals surface area contributed by atoms with Gasteiger partial charge in [0.05, 0.1) is 6.42 Å². The molecule has 0 bridgehead atoms. The third-order valence-corrected chi connectivity index (χ3v) is 2.05. The van der Waals surface area contributed by atoms with Crippen molar-refractivity contribution in [2.24, 2.45) is 0 Å². The number of nitrogens with zero attached hydrogens (tertiary/aromatic N) is 1. The lowest BCUT2D eigenvalue weighted by Crippen LogP contribution is -2.40. The van der Waals surface area contributed by atoms with Gasteiger partial charge in [0.25, 0.3) is 11.8 Å². The molecule has 1 N–H and O–H groups in total. The predicted molar refractivity (Wildman–Crippen MR) is 51.0 cm³/mol.